The highest BCUT2D eigenvalue weighted by atomic mass is 16.4. The van der Waals surface area contributed by atoms with E-state index in [0.717, 1.165) is 0 Å². The van der Waals surface area contributed by atoms with Crippen molar-refractivity contribution < 1.29 is 117 Å². The van der Waals surface area contributed by atoms with Crippen LogP contribution in [0.1, 0.15) is 0 Å². The van der Waals surface area contributed by atoms with E-state index >= 15 is 0 Å². The quantitative estimate of drug-likeness (QED) is 0.0667. The largest absolute Gasteiger partial charge is 0.506 e. The number of hydrogen-bond donors (Lipinski definition) is 22. The van der Waals surface area contributed by atoms with Gasteiger partial charge in [-0.05, 0) is 0 Å². The van der Waals surface area contributed by atoms with Crippen LogP contribution in [0.25, 0.3) is 76.5 Å². The lowest BCUT2D eigenvalue weighted by atomic mass is 9.82. The second kappa shape index (κ2) is 11.2. The third-order valence-electron chi connectivity index (χ3n) is 10.0. The Hall–Kier alpha value is -9.28. The van der Waals surface area contributed by atoms with Crippen LogP contribution in [0.5, 0.6) is 126 Å². The molecule has 7 aromatic carbocycles. The number of benzene rings is 7. The van der Waals surface area contributed by atoms with Crippen LogP contribution in [0.4, 0.5) is 0 Å². The van der Waals surface area contributed by atoms with Gasteiger partial charge in [-0.2, -0.15) is 0 Å². The van der Waals surface area contributed by atoms with Gasteiger partial charge in [-0.25, -0.2) is 0 Å². The topological polar surface area (TPSA) is 458 Å². The van der Waals surface area contributed by atoms with Crippen molar-refractivity contribution in [3.05, 3.63) is 0 Å². The fraction of sp³-hybridized carbons (Fsp3) is 0. The molecule has 0 saturated heterocycles. The van der Waals surface area contributed by atoms with Gasteiger partial charge in [0.05, 0.1) is 32.7 Å². The first-order chi connectivity index (χ1) is 27.5. The van der Waals surface area contributed by atoms with Gasteiger partial charge >= 0.3 is 0 Å². The molecule has 8 aromatic rings. The van der Waals surface area contributed by atoms with E-state index in [-0.39, 0.29) is 0 Å². The molecule has 0 bridgehead atoms. The number of fused-ring (bicyclic) bond motifs is 6. The summed E-state index contributed by atoms with van der Waals surface area (Å²) in [6, 6.07) is 0. The van der Waals surface area contributed by atoms with Crippen molar-refractivity contribution in [2.75, 3.05) is 0 Å². The summed E-state index contributed by atoms with van der Waals surface area (Å²) in [6.45, 7) is 0. The van der Waals surface area contributed by atoms with Gasteiger partial charge in [-0.3, -0.25) is 0 Å². The van der Waals surface area contributed by atoms with Gasteiger partial charge in [0.15, 0.2) is 68.7 Å². The minimum atomic E-state index is -1.66. The van der Waals surface area contributed by atoms with E-state index in [2.05, 4.69) is 0 Å². The van der Waals surface area contributed by atoms with Crippen molar-refractivity contribution in [1.29, 1.82) is 0 Å². The zero-order chi connectivity index (χ0) is 43.5. The van der Waals surface area contributed by atoms with Crippen molar-refractivity contribution >= 4 is 54.3 Å². The van der Waals surface area contributed by atoms with Crippen LogP contribution in [0.15, 0.2) is 4.42 Å². The Morgan fingerprint density at radius 3 is 0.763 bits per heavy atom. The molecule has 1 heterocycles. The summed E-state index contributed by atoms with van der Waals surface area (Å²) in [5, 5.41) is 232. The van der Waals surface area contributed by atoms with Crippen LogP contribution in [0.2, 0.25) is 0 Å². The van der Waals surface area contributed by atoms with E-state index in [9.17, 15) is 112 Å². The monoisotopic (exact) mass is 822 g/mol. The van der Waals surface area contributed by atoms with Gasteiger partial charge in [0.2, 0.25) is 57.5 Å². The molecule has 0 saturated carbocycles. The van der Waals surface area contributed by atoms with Gasteiger partial charge in [0, 0.05) is 32.7 Å². The molecule has 0 atom stereocenters. The van der Waals surface area contributed by atoms with E-state index in [4.69, 9.17) is 4.42 Å². The minimum Gasteiger partial charge on any atom is -0.506 e. The third-order valence-corrected chi connectivity index (χ3v) is 10.0. The summed E-state index contributed by atoms with van der Waals surface area (Å²) in [4.78, 5) is 0. The Balaban J connectivity index is 1.74. The van der Waals surface area contributed by atoms with Crippen molar-refractivity contribution in [1.82, 2.24) is 0 Å². The van der Waals surface area contributed by atoms with E-state index in [1.165, 1.54) is 0 Å². The molecule has 23 heteroatoms. The molecule has 0 aliphatic carbocycles. The maximum Gasteiger partial charge on any atom is 0.208 e. The Morgan fingerprint density at radius 2 is 0.390 bits per heavy atom. The highest BCUT2D eigenvalue weighted by Crippen LogP contribution is 2.68. The summed E-state index contributed by atoms with van der Waals surface area (Å²) in [7, 11) is 0. The Bertz CT molecular complexity index is 3230. The predicted octanol–water partition coefficient (Wildman–Crippen LogP) is 3.90. The molecule has 0 amide bonds. The normalized spacial score (nSPS) is 11.9. The molecular weight excluding hydrogens is 800 g/mol. The Kier molecular flexibility index (Phi) is 6.94. The molecule has 59 heavy (non-hydrogen) atoms. The first-order valence-corrected chi connectivity index (χ1v) is 15.8. The number of rotatable bonds is 2. The summed E-state index contributed by atoms with van der Waals surface area (Å²) < 4.78 is 5.42. The predicted molar refractivity (Wildman–Crippen MR) is 194 cm³/mol. The summed E-state index contributed by atoms with van der Waals surface area (Å²) in [6.07, 6.45) is 0. The second-order valence-corrected chi connectivity index (χ2v) is 12.9. The average molecular weight is 823 g/mol. The van der Waals surface area contributed by atoms with Gasteiger partial charge in [-0.15, -0.1) is 0 Å². The van der Waals surface area contributed by atoms with Crippen LogP contribution in [0.3, 0.4) is 0 Å². The van der Waals surface area contributed by atoms with Crippen LogP contribution in [0, 0.1) is 0 Å². The Morgan fingerprint density at radius 1 is 0.153 bits per heavy atom. The number of hydrogen-bond acceptors (Lipinski definition) is 23. The average Bonchev–Trinajstić information content (AvgIpc) is 3.62. The zero-order valence-corrected chi connectivity index (χ0v) is 28.2. The lowest BCUT2D eigenvalue weighted by Crippen LogP contribution is -1.96. The molecule has 1 aromatic heterocycles. The third kappa shape index (κ3) is 4.02. The van der Waals surface area contributed by atoms with Crippen LogP contribution >= 0.6 is 0 Å². The SMILES string of the molecule is Oc1c(O)c(O)c(-c2c3c(O)c(O)c(O)c(O)c3c(-c3c(O)c(O)c4oc5c(O)c6c(O)c(O)c(O)c(O)c6c(O)c5c4c3O)c3c(O)c(O)c(O)c(O)c23)c(O)c1O. The number of phenols is 22. The summed E-state index contributed by atoms with van der Waals surface area (Å²) >= 11 is 0. The molecule has 22 N–H and O–H groups in total. The van der Waals surface area contributed by atoms with Gasteiger partial charge in [0.25, 0.3) is 0 Å². The maximum atomic E-state index is 12.1. The van der Waals surface area contributed by atoms with Crippen molar-refractivity contribution in [2.45, 2.75) is 0 Å². The first kappa shape index (κ1) is 36.7. The molecule has 8 rings (SSSR count). The van der Waals surface area contributed by atoms with Crippen molar-refractivity contribution in [2.24, 2.45) is 0 Å². The van der Waals surface area contributed by atoms with E-state index in [0.29, 0.717) is 0 Å². The second-order valence-electron chi connectivity index (χ2n) is 12.9. The number of aromatic hydroxyl groups is 22. The summed E-state index contributed by atoms with van der Waals surface area (Å²) in [5.41, 5.74) is -7.34. The number of phenolic OH excluding ortho intramolecular Hbond substituents is 22. The van der Waals surface area contributed by atoms with E-state index in [1.54, 1.807) is 0 Å². The first-order valence-electron chi connectivity index (χ1n) is 15.8. The fourth-order valence-electron chi connectivity index (χ4n) is 7.36. The van der Waals surface area contributed by atoms with Crippen LogP contribution in [-0.2, 0) is 0 Å². The van der Waals surface area contributed by atoms with Crippen molar-refractivity contribution in [3.8, 4) is 149 Å². The smallest absolute Gasteiger partial charge is 0.208 e. The zero-order valence-electron chi connectivity index (χ0n) is 28.2. The molecule has 0 aliphatic rings. The lowest BCUT2D eigenvalue weighted by Gasteiger charge is -2.24. The number of furan rings is 1. The Labute approximate surface area is 319 Å². The van der Waals surface area contributed by atoms with E-state index in [1.807, 2.05) is 0 Å². The molecule has 0 aliphatic heterocycles. The molecule has 0 radical (unpaired) electrons. The van der Waals surface area contributed by atoms with Gasteiger partial charge in [0.1, 0.15) is 11.5 Å². The maximum absolute atomic E-state index is 12.1. The minimum absolute atomic E-state index is 0.950. The van der Waals surface area contributed by atoms with Crippen molar-refractivity contribution in [3.63, 3.8) is 0 Å². The molecule has 23 nitrogen and oxygen atoms in total. The summed E-state index contributed by atoms with van der Waals surface area (Å²) in [5.74, 6) is -34.1. The lowest BCUT2D eigenvalue weighted by molar-refractivity contribution is 0.330. The molecule has 0 unspecified atom stereocenters. The highest BCUT2D eigenvalue weighted by molar-refractivity contribution is 6.32. The van der Waals surface area contributed by atoms with Crippen LogP contribution < -0.4 is 0 Å². The molecule has 304 valence electrons. The molecule has 0 spiro atoms. The molecule has 0 fully saturated rings. The molecular formula is C36H22O23. The highest BCUT2D eigenvalue weighted by Gasteiger charge is 2.39. The van der Waals surface area contributed by atoms with Crippen LogP contribution in [-0.4, -0.2) is 112 Å². The standard InChI is InChI=1S/C36H22O23/c37-13-7(23(47)34(58)36-12(13)11-14(38)9-10(24(48)35(11)59-36)22(46)30(54)29(53)21(9)45)1-3-5(17(41)27(51)25(49)15(3)39)2(6-4(1)16(40)26(50)28(52)18(6)42)8-19(43)31(55)33(57)32(56)20(8)44/h37-58H. The van der Waals surface area contributed by atoms with Gasteiger partial charge < -0.3 is 117 Å². The van der Waals surface area contributed by atoms with Gasteiger partial charge in [-0.1, -0.05) is 0 Å². The fourth-order valence-corrected chi connectivity index (χ4v) is 7.36. The van der Waals surface area contributed by atoms with E-state index < -0.39 is 203 Å².